The molecule has 1 fully saturated rings. The summed E-state index contributed by atoms with van der Waals surface area (Å²) in [5.41, 5.74) is -0.741. The molecule has 3 nitrogen and oxygen atoms in total. The van der Waals surface area contributed by atoms with Gasteiger partial charge in [-0.3, -0.25) is 14.5 Å². The van der Waals surface area contributed by atoms with Gasteiger partial charge in [0.1, 0.15) is 0 Å². The molecular weight excluding hydrogens is 166 g/mol. The van der Waals surface area contributed by atoms with Gasteiger partial charge >= 0.3 is 0 Å². The van der Waals surface area contributed by atoms with Crippen molar-refractivity contribution in [3.05, 3.63) is 0 Å². The molecule has 1 aliphatic rings. The average molecular weight is 183 g/mol. The fraction of sp³-hybridized carbons (Fsp3) is 0.800. The third-order valence-corrected chi connectivity index (χ3v) is 2.28. The first-order valence-electron chi connectivity index (χ1n) is 4.54. The summed E-state index contributed by atoms with van der Waals surface area (Å²) in [6.45, 7) is 9.32. The molecule has 1 heterocycles. The van der Waals surface area contributed by atoms with Crippen molar-refractivity contribution in [3.8, 4) is 0 Å². The highest BCUT2D eigenvalue weighted by Gasteiger charge is 2.49. The zero-order valence-corrected chi connectivity index (χ0v) is 8.97. The second kappa shape index (κ2) is 2.56. The lowest BCUT2D eigenvalue weighted by atomic mass is 9.83. The largest absolute Gasteiger partial charge is 0.276 e. The standard InChI is InChI=1S/C10H17NO2/c1-9(2,3)8(13)11-7(12)6-10(11,4)5/h6H2,1-5H3. The molecule has 0 aromatic heterocycles. The number of hydrogen-bond donors (Lipinski definition) is 0. The van der Waals surface area contributed by atoms with Gasteiger partial charge in [0.15, 0.2) is 0 Å². The Labute approximate surface area is 79.1 Å². The summed E-state index contributed by atoms with van der Waals surface area (Å²) >= 11 is 0. The smallest absolute Gasteiger partial charge is 0.235 e. The number of imide groups is 1. The number of β-lactam (4-membered cyclic amide) rings is 1. The molecule has 0 bridgehead atoms. The predicted molar refractivity (Wildman–Crippen MR) is 50.0 cm³/mol. The number of carbonyl (C=O) groups excluding carboxylic acids is 2. The molecular formula is C10H17NO2. The van der Waals surface area contributed by atoms with Gasteiger partial charge in [-0.25, -0.2) is 0 Å². The summed E-state index contributed by atoms with van der Waals surface area (Å²) in [5, 5.41) is 0. The number of carbonyl (C=O) groups is 2. The molecule has 74 valence electrons. The van der Waals surface area contributed by atoms with Gasteiger partial charge in [0.05, 0.1) is 12.0 Å². The fourth-order valence-corrected chi connectivity index (χ4v) is 1.50. The van der Waals surface area contributed by atoms with Crippen molar-refractivity contribution in [1.29, 1.82) is 0 Å². The molecule has 0 spiro atoms. The summed E-state index contributed by atoms with van der Waals surface area (Å²) in [5.74, 6) is -0.126. The summed E-state index contributed by atoms with van der Waals surface area (Å²) in [6, 6.07) is 0. The maximum atomic E-state index is 11.8. The van der Waals surface area contributed by atoms with Gasteiger partial charge in [-0.2, -0.15) is 0 Å². The van der Waals surface area contributed by atoms with Crippen LogP contribution in [0.4, 0.5) is 0 Å². The van der Waals surface area contributed by atoms with Crippen LogP contribution in [0.2, 0.25) is 0 Å². The highest BCUT2D eigenvalue weighted by atomic mass is 16.2. The maximum Gasteiger partial charge on any atom is 0.235 e. The Balaban J connectivity index is 2.84. The minimum absolute atomic E-state index is 0.0510. The van der Waals surface area contributed by atoms with Crippen LogP contribution in [0, 0.1) is 5.41 Å². The lowest BCUT2D eigenvalue weighted by Crippen LogP contribution is -2.64. The van der Waals surface area contributed by atoms with Crippen LogP contribution < -0.4 is 0 Å². The number of likely N-dealkylation sites (tertiary alicyclic amines) is 1. The summed E-state index contributed by atoms with van der Waals surface area (Å²) in [4.78, 5) is 24.4. The first kappa shape index (κ1) is 10.2. The molecule has 0 aromatic rings. The first-order chi connectivity index (χ1) is 5.66. The van der Waals surface area contributed by atoms with E-state index in [1.165, 1.54) is 4.90 Å². The molecule has 0 aliphatic carbocycles. The predicted octanol–water partition coefficient (Wildman–Crippen LogP) is 1.57. The van der Waals surface area contributed by atoms with E-state index in [1.54, 1.807) is 0 Å². The van der Waals surface area contributed by atoms with Crippen LogP contribution in [-0.4, -0.2) is 22.3 Å². The summed E-state index contributed by atoms with van der Waals surface area (Å²) < 4.78 is 0. The number of amides is 2. The van der Waals surface area contributed by atoms with Gasteiger partial charge in [0, 0.05) is 5.41 Å². The second-order valence-corrected chi connectivity index (χ2v) is 5.27. The normalized spacial score (nSPS) is 21.3. The SMILES string of the molecule is CC(C)(C)C(=O)N1C(=O)CC1(C)C. The van der Waals surface area contributed by atoms with Gasteiger partial charge in [-0.15, -0.1) is 0 Å². The van der Waals surface area contributed by atoms with Gasteiger partial charge < -0.3 is 0 Å². The zero-order chi connectivity index (χ0) is 10.4. The molecule has 2 amide bonds. The van der Waals surface area contributed by atoms with Crippen LogP contribution in [0.15, 0.2) is 0 Å². The molecule has 0 N–H and O–H groups in total. The molecule has 0 saturated carbocycles. The third-order valence-electron chi connectivity index (χ3n) is 2.28. The molecule has 0 radical (unpaired) electrons. The van der Waals surface area contributed by atoms with Crippen molar-refractivity contribution >= 4 is 11.8 Å². The topological polar surface area (TPSA) is 37.4 Å². The number of nitrogens with zero attached hydrogens (tertiary/aromatic N) is 1. The van der Waals surface area contributed by atoms with Crippen LogP contribution in [-0.2, 0) is 9.59 Å². The average Bonchev–Trinajstić information content (AvgIpc) is 1.82. The molecule has 13 heavy (non-hydrogen) atoms. The lowest BCUT2D eigenvalue weighted by Gasteiger charge is -2.48. The van der Waals surface area contributed by atoms with Crippen molar-refractivity contribution in [2.24, 2.45) is 5.41 Å². The van der Waals surface area contributed by atoms with E-state index in [9.17, 15) is 9.59 Å². The van der Waals surface area contributed by atoms with Crippen LogP contribution in [0.3, 0.4) is 0 Å². The fourth-order valence-electron chi connectivity index (χ4n) is 1.50. The van der Waals surface area contributed by atoms with E-state index >= 15 is 0 Å². The monoisotopic (exact) mass is 183 g/mol. The summed E-state index contributed by atoms with van der Waals surface area (Å²) in [6.07, 6.45) is 0.481. The quantitative estimate of drug-likeness (QED) is 0.534. The molecule has 1 rings (SSSR count). The Morgan fingerprint density at radius 2 is 1.85 bits per heavy atom. The van der Waals surface area contributed by atoms with Crippen LogP contribution in [0.1, 0.15) is 41.0 Å². The van der Waals surface area contributed by atoms with Crippen molar-refractivity contribution in [2.45, 2.75) is 46.6 Å². The van der Waals surface area contributed by atoms with Crippen LogP contribution in [0.5, 0.6) is 0 Å². The Bertz CT molecular complexity index is 261. The Morgan fingerprint density at radius 3 is 2.00 bits per heavy atom. The van der Waals surface area contributed by atoms with Gasteiger partial charge in [0.25, 0.3) is 0 Å². The zero-order valence-electron chi connectivity index (χ0n) is 8.97. The van der Waals surface area contributed by atoms with Crippen molar-refractivity contribution < 1.29 is 9.59 Å². The molecule has 0 unspecified atom stereocenters. The van der Waals surface area contributed by atoms with E-state index < -0.39 is 5.41 Å². The van der Waals surface area contributed by atoms with Gasteiger partial charge in [0.2, 0.25) is 11.8 Å². The second-order valence-electron chi connectivity index (χ2n) is 5.27. The number of hydrogen-bond acceptors (Lipinski definition) is 2. The van der Waals surface area contributed by atoms with Crippen molar-refractivity contribution in [1.82, 2.24) is 4.90 Å². The Kier molecular flexibility index (Phi) is 2.02. The van der Waals surface area contributed by atoms with Gasteiger partial charge in [-0.1, -0.05) is 20.8 Å². The first-order valence-corrected chi connectivity index (χ1v) is 4.54. The van der Waals surface area contributed by atoms with Crippen molar-refractivity contribution in [2.75, 3.05) is 0 Å². The van der Waals surface area contributed by atoms with E-state index in [0.29, 0.717) is 6.42 Å². The van der Waals surface area contributed by atoms with E-state index in [4.69, 9.17) is 0 Å². The number of rotatable bonds is 0. The van der Waals surface area contributed by atoms with E-state index in [0.717, 1.165) is 0 Å². The van der Waals surface area contributed by atoms with Crippen LogP contribution >= 0.6 is 0 Å². The van der Waals surface area contributed by atoms with E-state index in [1.807, 2.05) is 34.6 Å². The summed E-state index contributed by atoms with van der Waals surface area (Å²) in [7, 11) is 0. The highest BCUT2D eigenvalue weighted by molar-refractivity contribution is 6.03. The van der Waals surface area contributed by atoms with E-state index in [-0.39, 0.29) is 17.4 Å². The minimum Gasteiger partial charge on any atom is -0.276 e. The van der Waals surface area contributed by atoms with Gasteiger partial charge in [-0.05, 0) is 13.8 Å². The van der Waals surface area contributed by atoms with Crippen LogP contribution in [0.25, 0.3) is 0 Å². The molecule has 1 saturated heterocycles. The Morgan fingerprint density at radius 1 is 1.38 bits per heavy atom. The maximum absolute atomic E-state index is 11.8. The molecule has 3 heteroatoms. The minimum atomic E-state index is -0.465. The third kappa shape index (κ3) is 1.60. The molecule has 0 aromatic carbocycles. The van der Waals surface area contributed by atoms with E-state index in [2.05, 4.69) is 0 Å². The molecule has 0 atom stereocenters. The van der Waals surface area contributed by atoms with Crippen molar-refractivity contribution in [3.63, 3.8) is 0 Å². The lowest BCUT2D eigenvalue weighted by molar-refractivity contribution is -0.169. The Hall–Kier alpha value is -0.860. The molecule has 1 aliphatic heterocycles. The highest BCUT2D eigenvalue weighted by Crippen LogP contribution is 2.34.